The van der Waals surface area contributed by atoms with Gasteiger partial charge < -0.3 is 19.5 Å². The summed E-state index contributed by atoms with van der Waals surface area (Å²) in [6, 6.07) is 5.04. The maximum atomic E-state index is 12.4. The second-order valence-corrected chi connectivity index (χ2v) is 4.42. The summed E-state index contributed by atoms with van der Waals surface area (Å²) in [4.78, 5) is 0. The lowest BCUT2D eigenvalue weighted by atomic mass is 10.2. The van der Waals surface area contributed by atoms with Crippen molar-refractivity contribution in [1.82, 2.24) is 5.32 Å². The van der Waals surface area contributed by atoms with Crippen LogP contribution in [-0.2, 0) is 11.3 Å². The number of nitrogens with one attached hydrogen (secondary N) is 1. The van der Waals surface area contributed by atoms with Gasteiger partial charge in [0.1, 0.15) is 0 Å². The highest BCUT2D eigenvalue weighted by Gasteiger charge is 2.14. The Morgan fingerprint density at radius 2 is 2.00 bits per heavy atom. The maximum absolute atomic E-state index is 12.4. The Balaban J connectivity index is 2.59. The molecule has 0 saturated heterocycles. The van der Waals surface area contributed by atoms with Gasteiger partial charge >= 0.3 is 6.61 Å². The quantitative estimate of drug-likeness (QED) is 0.710. The first-order valence-electron chi connectivity index (χ1n) is 6.47. The molecule has 0 heterocycles. The molecule has 0 fully saturated rings. The third kappa shape index (κ3) is 5.71. The summed E-state index contributed by atoms with van der Waals surface area (Å²) in [6.07, 6.45) is 0.173. The number of methoxy groups -OCH3 is 1. The summed E-state index contributed by atoms with van der Waals surface area (Å²) in [5.74, 6) is 0.366. The van der Waals surface area contributed by atoms with E-state index < -0.39 is 6.61 Å². The third-order valence-electron chi connectivity index (χ3n) is 2.53. The molecule has 0 radical (unpaired) electrons. The van der Waals surface area contributed by atoms with E-state index in [4.69, 9.17) is 9.47 Å². The molecule has 1 aromatic rings. The molecule has 0 unspecified atom stereocenters. The van der Waals surface area contributed by atoms with E-state index in [1.54, 1.807) is 18.2 Å². The number of hydrogen-bond acceptors (Lipinski definition) is 4. The minimum atomic E-state index is -2.88. The van der Waals surface area contributed by atoms with Crippen LogP contribution in [0.25, 0.3) is 0 Å². The molecular formula is C14H21F2NO3. The summed E-state index contributed by atoms with van der Waals surface area (Å²) < 4.78 is 39.8. The van der Waals surface area contributed by atoms with Crippen molar-refractivity contribution in [3.63, 3.8) is 0 Å². The van der Waals surface area contributed by atoms with E-state index in [1.807, 2.05) is 13.8 Å². The Hall–Kier alpha value is -1.40. The number of para-hydroxylation sites is 1. The molecule has 0 aliphatic carbocycles. The summed E-state index contributed by atoms with van der Waals surface area (Å²) >= 11 is 0. The molecule has 114 valence electrons. The van der Waals surface area contributed by atoms with Crippen molar-refractivity contribution in [2.24, 2.45) is 0 Å². The summed E-state index contributed by atoms with van der Waals surface area (Å²) in [5, 5.41) is 3.12. The zero-order chi connectivity index (χ0) is 15.0. The molecule has 20 heavy (non-hydrogen) atoms. The van der Waals surface area contributed by atoms with Gasteiger partial charge in [-0.15, -0.1) is 0 Å². The standard InChI is InChI=1S/C14H21F2NO3/c1-10(2)19-8-7-17-9-11-5-4-6-12(18-3)13(11)20-14(15)16/h4-6,10,14,17H,7-9H2,1-3H3. The van der Waals surface area contributed by atoms with Crippen molar-refractivity contribution in [3.05, 3.63) is 23.8 Å². The van der Waals surface area contributed by atoms with Crippen LogP contribution in [0.3, 0.4) is 0 Å². The number of rotatable bonds is 9. The molecule has 1 aromatic carbocycles. The SMILES string of the molecule is COc1cccc(CNCCOC(C)C)c1OC(F)F. The average Bonchev–Trinajstić information content (AvgIpc) is 2.39. The predicted octanol–water partition coefficient (Wildman–Crippen LogP) is 2.81. The van der Waals surface area contributed by atoms with E-state index in [9.17, 15) is 8.78 Å². The Morgan fingerprint density at radius 1 is 1.25 bits per heavy atom. The van der Waals surface area contributed by atoms with Crippen LogP contribution in [-0.4, -0.2) is 33.0 Å². The topological polar surface area (TPSA) is 39.7 Å². The van der Waals surface area contributed by atoms with Gasteiger partial charge in [0.25, 0.3) is 0 Å². The first-order valence-corrected chi connectivity index (χ1v) is 6.47. The molecule has 6 heteroatoms. The van der Waals surface area contributed by atoms with Crippen molar-refractivity contribution in [3.8, 4) is 11.5 Å². The Kier molecular flexibility index (Phi) is 7.25. The number of ether oxygens (including phenoxy) is 3. The smallest absolute Gasteiger partial charge is 0.387 e. The first kappa shape index (κ1) is 16.7. The zero-order valence-corrected chi connectivity index (χ0v) is 12.0. The predicted molar refractivity (Wildman–Crippen MR) is 72.4 cm³/mol. The van der Waals surface area contributed by atoms with E-state index >= 15 is 0 Å². The second-order valence-electron chi connectivity index (χ2n) is 4.42. The van der Waals surface area contributed by atoms with Crippen LogP contribution in [0.4, 0.5) is 8.78 Å². The van der Waals surface area contributed by atoms with Crippen LogP contribution in [0.2, 0.25) is 0 Å². The minimum Gasteiger partial charge on any atom is -0.493 e. The van der Waals surface area contributed by atoms with Gasteiger partial charge in [0.05, 0.1) is 19.8 Å². The zero-order valence-electron chi connectivity index (χ0n) is 12.0. The highest BCUT2D eigenvalue weighted by Crippen LogP contribution is 2.32. The Labute approximate surface area is 118 Å². The fourth-order valence-electron chi connectivity index (χ4n) is 1.67. The van der Waals surface area contributed by atoms with E-state index in [-0.39, 0.29) is 11.9 Å². The van der Waals surface area contributed by atoms with Gasteiger partial charge in [-0.1, -0.05) is 12.1 Å². The van der Waals surface area contributed by atoms with E-state index in [2.05, 4.69) is 10.1 Å². The lowest BCUT2D eigenvalue weighted by molar-refractivity contribution is -0.0519. The molecule has 0 aliphatic rings. The van der Waals surface area contributed by atoms with Crippen LogP contribution in [0.1, 0.15) is 19.4 Å². The average molecular weight is 289 g/mol. The number of halogens is 2. The van der Waals surface area contributed by atoms with Crippen LogP contribution in [0, 0.1) is 0 Å². The number of benzene rings is 1. The van der Waals surface area contributed by atoms with Crippen LogP contribution >= 0.6 is 0 Å². The second kappa shape index (κ2) is 8.71. The molecule has 0 amide bonds. The third-order valence-corrected chi connectivity index (χ3v) is 2.53. The van der Waals surface area contributed by atoms with Crippen molar-refractivity contribution >= 4 is 0 Å². The van der Waals surface area contributed by atoms with Crippen LogP contribution < -0.4 is 14.8 Å². The van der Waals surface area contributed by atoms with Crippen molar-refractivity contribution < 1.29 is 23.0 Å². The molecule has 0 saturated carbocycles. The molecular weight excluding hydrogens is 268 g/mol. The molecule has 0 spiro atoms. The van der Waals surface area contributed by atoms with Gasteiger partial charge in [0, 0.05) is 18.7 Å². The number of hydrogen-bond donors (Lipinski definition) is 1. The molecule has 0 atom stereocenters. The van der Waals surface area contributed by atoms with Gasteiger partial charge in [-0.25, -0.2) is 0 Å². The first-order chi connectivity index (χ1) is 9.54. The van der Waals surface area contributed by atoms with Crippen molar-refractivity contribution in [1.29, 1.82) is 0 Å². The highest BCUT2D eigenvalue weighted by atomic mass is 19.3. The normalized spacial score (nSPS) is 11.2. The summed E-state index contributed by atoms with van der Waals surface area (Å²) in [7, 11) is 1.42. The van der Waals surface area contributed by atoms with Crippen molar-refractivity contribution in [2.75, 3.05) is 20.3 Å². The van der Waals surface area contributed by atoms with Gasteiger partial charge in [0.15, 0.2) is 11.5 Å². The van der Waals surface area contributed by atoms with Gasteiger partial charge in [-0.3, -0.25) is 0 Å². The lowest BCUT2D eigenvalue weighted by Gasteiger charge is -2.15. The summed E-state index contributed by atoms with van der Waals surface area (Å²) in [6.45, 7) is 2.62. The van der Waals surface area contributed by atoms with Crippen LogP contribution in [0.15, 0.2) is 18.2 Å². The molecule has 0 bridgehead atoms. The van der Waals surface area contributed by atoms with E-state index in [1.165, 1.54) is 7.11 Å². The maximum Gasteiger partial charge on any atom is 0.387 e. The summed E-state index contributed by atoms with van der Waals surface area (Å²) in [5.41, 5.74) is 0.620. The molecule has 1 rings (SSSR count). The largest absolute Gasteiger partial charge is 0.493 e. The van der Waals surface area contributed by atoms with Gasteiger partial charge in [-0.2, -0.15) is 8.78 Å². The van der Waals surface area contributed by atoms with Crippen molar-refractivity contribution in [2.45, 2.75) is 33.1 Å². The lowest BCUT2D eigenvalue weighted by Crippen LogP contribution is -2.21. The fraction of sp³-hybridized carbons (Fsp3) is 0.571. The van der Waals surface area contributed by atoms with Gasteiger partial charge in [-0.05, 0) is 19.9 Å². The van der Waals surface area contributed by atoms with Gasteiger partial charge in [0.2, 0.25) is 0 Å². The molecule has 0 aliphatic heterocycles. The van der Waals surface area contributed by atoms with E-state index in [0.29, 0.717) is 31.0 Å². The Bertz CT molecular complexity index is 400. The molecule has 1 N–H and O–H groups in total. The van der Waals surface area contributed by atoms with Crippen LogP contribution in [0.5, 0.6) is 11.5 Å². The monoisotopic (exact) mass is 289 g/mol. The Morgan fingerprint density at radius 3 is 2.60 bits per heavy atom. The molecule has 0 aromatic heterocycles. The fourth-order valence-corrected chi connectivity index (χ4v) is 1.67. The highest BCUT2D eigenvalue weighted by molar-refractivity contribution is 5.46. The molecule has 4 nitrogen and oxygen atoms in total. The van der Waals surface area contributed by atoms with E-state index in [0.717, 1.165) is 0 Å². The minimum absolute atomic E-state index is 0.0716. The number of alkyl halides is 2.